The van der Waals surface area contributed by atoms with Crippen molar-refractivity contribution in [3.63, 3.8) is 0 Å². The van der Waals surface area contributed by atoms with Crippen LogP contribution in [0.2, 0.25) is 0 Å². The number of amides is 1. The van der Waals surface area contributed by atoms with Crippen molar-refractivity contribution in [3.8, 4) is 0 Å². The van der Waals surface area contributed by atoms with Crippen LogP contribution in [0.5, 0.6) is 0 Å². The number of hydrogen-bond acceptors (Lipinski definition) is 3. The standard InChI is InChI=1S/C24H31F2N5O/c1-4-22(20-9-8-19(25)15-21(20)26)30-10-12-31(13-11-30)24(28-3)29-16-17-6-5-7-18(14-17)23(32)27-2/h5-9,14-15,22H,4,10-13,16H2,1-3H3,(H,27,32)(H,28,29). The Morgan fingerprint density at radius 3 is 2.50 bits per heavy atom. The second kappa shape index (κ2) is 11.0. The fourth-order valence-corrected chi connectivity index (χ4v) is 4.17. The molecule has 0 saturated carbocycles. The van der Waals surface area contributed by atoms with Crippen molar-refractivity contribution in [2.45, 2.75) is 25.9 Å². The molecule has 1 atom stereocenters. The molecule has 3 rings (SSSR count). The first-order chi connectivity index (χ1) is 15.5. The molecule has 1 heterocycles. The van der Waals surface area contributed by atoms with Crippen molar-refractivity contribution >= 4 is 11.9 Å². The minimum absolute atomic E-state index is 0.0832. The highest BCUT2D eigenvalue weighted by atomic mass is 19.1. The lowest BCUT2D eigenvalue weighted by Gasteiger charge is -2.40. The summed E-state index contributed by atoms with van der Waals surface area (Å²) in [7, 11) is 3.36. The van der Waals surface area contributed by atoms with Crippen LogP contribution < -0.4 is 10.6 Å². The van der Waals surface area contributed by atoms with Gasteiger partial charge >= 0.3 is 0 Å². The summed E-state index contributed by atoms with van der Waals surface area (Å²) >= 11 is 0. The first-order valence-electron chi connectivity index (χ1n) is 10.9. The number of aliphatic imine (C=N–C) groups is 1. The molecule has 32 heavy (non-hydrogen) atoms. The van der Waals surface area contributed by atoms with E-state index in [2.05, 4.69) is 25.4 Å². The summed E-state index contributed by atoms with van der Waals surface area (Å²) in [6, 6.07) is 11.2. The molecule has 8 heteroatoms. The number of carbonyl (C=O) groups excluding carboxylic acids is 1. The molecule has 1 unspecified atom stereocenters. The topological polar surface area (TPSA) is 60.0 Å². The summed E-state index contributed by atoms with van der Waals surface area (Å²) in [5.41, 5.74) is 2.15. The van der Waals surface area contributed by atoms with Crippen LogP contribution in [-0.2, 0) is 6.54 Å². The van der Waals surface area contributed by atoms with Crippen LogP contribution in [0.15, 0.2) is 47.5 Å². The van der Waals surface area contributed by atoms with Gasteiger partial charge in [0.2, 0.25) is 0 Å². The van der Waals surface area contributed by atoms with Crippen LogP contribution in [0.25, 0.3) is 0 Å². The van der Waals surface area contributed by atoms with Crippen molar-refractivity contribution in [1.82, 2.24) is 20.4 Å². The average molecular weight is 444 g/mol. The van der Waals surface area contributed by atoms with Gasteiger partial charge in [0.15, 0.2) is 5.96 Å². The SMILES string of the molecule is CCC(c1ccc(F)cc1F)N1CCN(C(=NC)NCc2cccc(C(=O)NC)c2)CC1. The van der Waals surface area contributed by atoms with Crippen LogP contribution in [-0.4, -0.2) is 61.9 Å². The van der Waals surface area contributed by atoms with Gasteiger partial charge in [-0.05, 0) is 30.2 Å². The molecule has 0 radical (unpaired) electrons. The van der Waals surface area contributed by atoms with E-state index in [1.807, 2.05) is 25.1 Å². The molecule has 2 aromatic rings. The number of carbonyl (C=O) groups is 1. The average Bonchev–Trinajstić information content (AvgIpc) is 2.81. The number of nitrogens with one attached hydrogen (secondary N) is 2. The normalized spacial score (nSPS) is 16.0. The van der Waals surface area contributed by atoms with Gasteiger partial charge in [-0.25, -0.2) is 8.78 Å². The van der Waals surface area contributed by atoms with Crippen molar-refractivity contribution in [2.75, 3.05) is 40.3 Å². The molecule has 0 bridgehead atoms. The molecule has 0 aromatic heterocycles. The van der Waals surface area contributed by atoms with Crippen molar-refractivity contribution in [2.24, 2.45) is 4.99 Å². The number of guanidine groups is 1. The number of rotatable bonds is 6. The Kier molecular flexibility index (Phi) is 8.16. The molecule has 1 aliphatic rings. The molecular weight excluding hydrogens is 412 g/mol. The Labute approximate surface area is 188 Å². The van der Waals surface area contributed by atoms with E-state index < -0.39 is 11.6 Å². The van der Waals surface area contributed by atoms with E-state index in [1.54, 1.807) is 26.2 Å². The summed E-state index contributed by atoms with van der Waals surface area (Å²) in [6.07, 6.45) is 0.747. The predicted octanol–water partition coefficient (Wildman–Crippen LogP) is 3.17. The fraction of sp³-hybridized carbons (Fsp3) is 0.417. The summed E-state index contributed by atoms with van der Waals surface area (Å²) in [5.74, 6) is -0.371. The molecule has 1 saturated heterocycles. The smallest absolute Gasteiger partial charge is 0.251 e. The monoisotopic (exact) mass is 443 g/mol. The third-order valence-corrected chi connectivity index (χ3v) is 5.84. The third-order valence-electron chi connectivity index (χ3n) is 5.84. The first-order valence-corrected chi connectivity index (χ1v) is 10.9. The minimum Gasteiger partial charge on any atom is -0.355 e. The van der Waals surface area contributed by atoms with E-state index in [0.717, 1.165) is 50.2 Å². The summed E-state index contributed by atoms with van der Waals surface area (Å²) in [6.45, 7) is 5.57. The van der Waals surface area contributed by atoms with Gasteiger partial charge in [0.05, 0.1) is 0 Å². The molecule has 0 spiro atoms. The Bertz CT molecular complexity index is 957. The van der Waals surface area contributed by atoms with Crippen LogP contribution in [0.4, 0.5) is 8.78 Å². The molecule has 1 aliphatic heterocycles. The second-order valence-electron chi connectivity index (χ2n) is 7.79. The van der Waals surface area contributed by atoms with Gasteiger partial charge in [-0.1, -0.05) is 25.1 Å². The van der Waals surface area contributed by atoms with Crippen LogP contribution in [0.1, 0.15) is 40.9 Å². The zero-order valence-corrected chi connectivity index (χ0v) is 18.9. The zero-order chi connectivity index (χ0) is 23.1. The Morgan fingerprint density at radius 1 is 1.12 bits per heavy atom. The lowest BCUT2D eigenvalue weighted by atomic mass is 10.0. The molecule has 172 valence electrons. The molecule has 2 aromatic carbocycles. The molecule has 0 aliphatic carbocycles. The van der Waals surface area contributed by atoms with Crippen molar-refractivity contribution < 1.29 is 13.6 Å². The van der Waals surface area contributed by atoms with E-state index in [9.17, 15) is 13.6 Å². The number of nitrogens with zero attached hydrogens (tertiary/aromatic N) is 3. The first kappa shape index (κ1) is 23.7. The summed E-state index contributed by atoms with van der Waals surface area (Å²) in [4.78, 5) is 20.7. The molecule has 1 amide bonds. The molecule has 2 N–H and O–H groups in total. The zero-order valence-electron chi connectivity index (χ0n) is 18.9. The van der Waals surface area contributed by atoms with Gasteiger partial charge in [-0.15, -0.1) is 0 Å². The lowest BCUT2D eigenvalue weighted by molar-refractivity contribution is 0.0963. The number of halogens is 2. The van der Waals surface area contributed by atoms with Gasteiger partial charge in [-0.2, -0.15) is 0 Å². The maximum absolute atomic E-state index is 14.3. The van der Waals surface area contributed by atoms with E-state index in [1.165, 1.54) is 6.07 Å². The number of benzene rings is 2. The maximum Gasteiger partial charge on any atom is 0.251 e. The molecular formula is C24H31F2N5O. The van der Waals surface area contributed by atoms with Crippen LogP contribution in [0, 0.1) is 11.6 Å². The quantitative estimate of drug-likeness (QED) is 0.532. The Hall–Kier alpha value is -3.00. The third kappa shape index (κ3) is 5.62. The predicted molar refractivity (Wildman–Crippen MR) is 123 cm³/mol. The highest BCUT2D eigenvalue weighted by molar-refractivity contribution is 5.94. The van der Waals surface area contributed by atoms with Gasteiger partial charge < -0.3 is 15.5 Å². The van der Waals surface area contributed by atoms with Gasteiger partial charge in [0.1, 0.15) is 11.6 Å². The fourth-order valence-electron chi connectivity index (χ4n) is 4.17. The Morgan fingerprint density at radius 2 is 1.88 bits per heavy atom. The highest BCUT2D eigenvalue weighted by Gasteiger charge is 2.27. The maximum atomic E-state index is 14.3. The largest absolute Gasteiger partial charge is 0.355 e. The van der Waals surface area contributed by atoms with Crippen LogP contribution >= 0.6 is 0 Å². The van der Waals surface area contributed by atoms with E-state index >= 15 is 0 Å². The van der Waals surface area contributed by atoms with E-state index in [4.69, 9.17) is 0 Å². The minimum atomic E-state index is -0.554. The van der Waals surface area contributed by atoms with Crippen molar-refractivity contribution in [3.05, 3.63) is 70.8 Å². The highest BCUT2D eigenvalue weighted by Crippen LogP contribution is 2.28. The number of hydrogen-bond donors (Lipinski definition) is 2. The van der Waals surface area contributed by atoms with Gasteiger partial charge in [0.25, 0.3) is 5.91 Å². The van der Waals surface area contributed by atoms with Crippen LogP contribution in [0.3, 0.4) is 0 Å². The summed E-state index contributed by atoms with van der Waals surface area (Å²) in [5, 5.41) is 6.00. The molecule has 1 fully saturated rings. The second-order valence-corrected chi connectivity index (χ2v) is 7.79. The van der Waals surface area contributed by atoms with Crippen molar-refractivity contribution in [1.29, 1.82) is 0 Å². The summed E-state index contributed by atoms with van der Waals surface area (Å²) < 4.78 is 27.6. The number of piperazine rings is 1. The van der Waals surface area contributed by atoms with E-state index in [0.29, 0.717) is 17.7 Å². The molecule has 6 nitrogen and oxygen atoms in total. The lowest BCUT2D eigenvalue weighted by Crippen LogP contribution is -2.53. The van der Waals surface area contributed by atoms with E-state index in [-0.39, 0.29) is 11.9 Å². The Balaban J connectivity index is 1.59. The van der Waals surface area contributed by atoms with Gasteiger partial charge in [0, 0.05) is 70.1 Å². The van der Waals surface area contributed by atoms with Gasteiger partial charge in [-0.3, -0.25) is 14.7 Å².